The van der Waals surface area contributed by atoms with Crippen LogP contribution in [-0.2, 0) is 11.2 Å². The first kappa shape index (κ1) is 11.6. The maximum atomic E-state index is 11.8. The second-order valence-electron chi connectivity index (χ2n) is 3.97. The number of anilines is 1. The minimum absolute atomic E-state index is 0.0335. The first-order valence-electron chi connectivity index (χ1n) is 5.44. The third kappa shape index (κ3) is 2.14. The number of carboxylic acids is 1. The van der Waals surface area contributed by atoms with Gasteiger partial charge in [0, 0.05) is 12.2 Å². The highest BCUT2D eigenvalue weighted by Crippen LogP contribution is 2.29. The fourth-order valence-electron chi connectivity index (χ4n) is 2.02. The van der Waals surface area contributed by atoms with Crippen LogP contribution < -0.4 is 10.2 Å². The molecule has 0 fully saturated rings. The lowest BCUT2D eigenvalue weighted by Gasteiger charge is -2.17. The van der Waals surface area contributed by atoms with Gasteiger partial charge in [0.1, 0.15) is 0 Å². The lowest BCUT2D eigenvalue weighted by atomic mass is 10.1. The highest BCUT2D eigenvalue weighted by atomic mass is 16.4. The molecule has 0 bridgehead atoms. The van der Waals surface area contributed by atoms with Crippen LogP contribution >= 0.6 is 0 Å². The molecule has 5 nitrogen and oxygen atoms in total. The van der Waals surface area contributed by atoms with Crippen molar-refractivity contribution in [2.24, 2.45) is 0 Å². The van der Waals surface area contributed by atoms with Gasteiger partial charge in [-0.1, -0.05) is 6.07 Å². The van der Waals surface area contributed by atoms with E-state index in [0.29, 0.717) is 6.54 Å². The summed E-state index contributed by atoms with van der Waals surface area (Å²) in [6.07, 6.45) is 0.782. The summed E-state index contributed by atoms with van der Waals surface area (Å²) in [4.78, 5) is 24.3. The zero-order chi connectivity index (χ0) is 12.4. The molecule has 1 aromatic rings. The number of carboxylic acid groups (broad SMARTS) is 1. The minimum atomic E-state index is -0.972. The van der Waals surface area contributed by atoms with E-state index in [1.165, 1.54) is 0 Å². The van der Waals surface area contributed by atoms with Crippen LogP contribution in [0, 0.1) is 0 Å². The van der Waals surface area contributed by atoms with Crippen molar-refractivity contribution >= 4 is 17.6 Å². The number of hydrogen-bond donors (Lipinski definition) is 2. The van der Waals surface area contributed by atoms with Crippen LogP contribution in [0.1, 0.15) is 15.9 Å². The Morgan fingerprint density at radius 1 is 1.47 bits per heavy atom. The second-order valence-corrected chi connectivity index (χ2v) is 3.97. The molecular weight excluding hydrogens is 220 g/mol. The summed E-state index contributed by atoms with van der Waals surface area (Å²) in [5.74, 6) is -1.01. The molecular formula is C12H14N2O3. The Balaban J connectivity index is 2.32. The fourth-order valence-corrected chi connectivity index (χ4v) is 2.02. The normalized spacial score (nSPS) is 13.6. The van der Waals surface area contributed by atoms with Gasteiger partial charge in [-0.15, -0.1) is 0 Å². The number of amides is 1. The number of hydrogen-bond acceptors (Lipinski definition) is 3. The Labute approximate surface area is 99.0 Å². The summed E-state index contributed by atoms with van der Waals surface area (Å²) in [5.41, 5.74) is 1.97. The molecule has 5 heteroatoms. The van der Waals surface area contributed by atoms with Crippen LogP contribution in [0.2, 0.25) is 0 Å². The first-order valence-corrected chi connectivity index (χ1v) is 5.44. The van der Waals surface area contributed by atoms with Crippen LogP contribution in [0.4, 0.5) is 5.69 Å². The Morgan fingerprint density at radius 3 is 2.88 bits per heavy atom. The first-order chi connectivity index (χ1) is 8.13. The SMILES string of the molecule is CNCC(=O)N1CCc2ccc(C(=O)O)cc21. The third-order valence-electron chi connectivity index (χ3n) is 2.86. The zero-order valence-corrected chi connectivity index (χ0v) is 9.56. The van der Waals surface area contributed by atoms with E-state index in [2.05, 4.69) is 5.32 Å². The molecule has 17 heavy (non-hydrogen) atoms. The van der Waals surface area contributed by atoms with Crippen LogP contribution in [-0.4, -0.2) is 37.1 Å². The van der Waals surface area contributed by atoms with Gasteiger partial charge >= 0.3 is 5.97 Å². The summed E-state index contributed by atoms with van der Waals surface area (Å²) >= 11 is 0. The maximum Gasteiger partial charge on any atom is 0.335 e. The van der Waals surface area contributed by atoms with E-state index in [4.69, 9.17) is 5.11 Å². The van der Waals surface area contributed by atoms with Gasteiger partial charge in [-0.05, 0) is 31.2 Å². The van der Waals surface area contributed by atoms with Crippen LogP contribution in [0.25, 0.3) is 0 Å². The average Bonchev–Trinajstić information content (AvgIpc) is 2.71. The number of aromatic carboxylic acids is 1. The minimum Gasteiger partial charge on any atom is -0.478 e. The van der Waals surface area contributed by atoms with Gasteiger partial charge < -0.3 is 15.3 Å². The van der Waals surface area contributed by atoms with E-state index >= 15 is 0 Å². The summed E-state index contributed by atoms with van der Waals surface area (Å²) in [7, 11) is 1.71. The molecule has 0 aromatic heterocycles. The molecule has 0 atom stereocenters. The number of benzene rings is 1. The number of carbonyl (C=O) groups excluding carboxylic acids is 1. The van der Waals surface area contributed by atoms with E-state index < -0.39 is 5.97 Å². The quantitative estimate of drug-likeness (QED) is 0.798. The number of likely N-dealkylation sites (N-methyl/N-ethyl adjacent to an activating group) is 1. The van der Waals surface area contributed by atoms with E-state index in [1.807, 2.05) is 0 Å². The highest BCUT2D eigenvalue weighted by Gasteiger charge is 2.24. The van der Waals surface area contributed by atoms with Crippen molar-refractivity contribution in [3.63, 3.8) is 0 Å². The largest absolute Gasteiger partial charge is 0.478 e. The summed E-state index contributed by atoms with van der Waals surface area (Å²) in [5, 5.41) is 11.7. The van der Waals surface area contributed by atoms with Crippen LogP contribution in [0.3, 0.4) is 0 Å². The molecule has 0 radical (unpaired) electrons. The topological polar surface area (TPSA) is 69.6 Å². The van der Waals surface area contributed by atoms with Crippen molar-refractivity contribution in [1.29, 1.82) is 0 Å². The molecule has 0 saturated heterocycles. The van der Waals surface area contributed by atoms with Gasteiger partial charge in [-0.3, -0.25) is 4.79 Å². The van der Waals surface area contributed by atoms with Crippen LogP contribution in [0.5, 0.6) is 0 Å². The van der Waals surface area contributed by atoms with E-state index in [1.54, 1.807) is 30.1 Å². The third-order valence-corrected chi connectivity index (χ3v) is 2.86. The van der Waals surface area contributed by atoms with Crippen molar-refractivity contribution in [3.05, 3.63) is 29.3 Å². The summed E-state index contributed by atoms with van der Waals surface area (Å²) in [6, 6.07) is 4.93. The number of nitrogens with one attached hydrogen (secondary N) is 1. The van der Waals surface area contributed by atoms with Crippen molar-refractivity contribution in [3.8, 4) is 0 Å². The molecule has 0 aliphatic carbocycles. The van der Waals surface area contributed by atoms with E-state index in [0.717, 1.165) is 17.7 Å². The zero-order valence-electron chi connectivity index (χ0n) is 9.56. The predicted octanol–water partition coefficient (Wildman–Crippen LogP) is 0.493. The molecule has 0 unspecified atom stereocenters. The molecule has 1 amide bonds. The van der Waals surface area contributed by atoms with Gasteiger partial charge in [-0.25, -0.2) is 4.79 Å². The molecule has 1 aromatic carbocycles. The molecule has 90 valence electrons. The van der Waals surface area contributed by atoms with Gasteiger partial charge in [0.2, 0.25) is 5.91 Å². The van der Waals surface area contributed by atoms with Gasteiger partial charge in [0.05, 0.1) is 12.1 Å². The summed E-state index contributed by atoms with van der Waals surface area (Å²) < 4.78 is 0. The molecule has 1 aliphatic rings. The smallest absolute Gasteiger partial charge is 0.335 e. The molecule has 2 N–H and O–H groups in total. The van der Waals surface area contributed by atoms with Gasteiger partial charge in [0.15, 0.2) is 0 Å². The van der Waals surface area contributed by atoms with Gasteiger partial charge in [0.25, 0.3) is 0 Å². The van der Waals surface area contributed by atoms with Crippen molar-refractivity contribution < 1.29 is 14.7 Å². The fraction of sp³-hybridized carbons (Fsp3) is 0.333. The lowest BCUT2D eigenvalue weighted by Crippen LogP contribution is -2.35. The second kappa shape index (κ2) is 4.55. The molecule has 1 heterocycles. The predicted molar refractivity (Wildman–Crippen MR) is 63.4 cm³/mol. The average molecular weight is 234 g/mol. The Bertz CT molecular complexity index is 471. The number of rotatable bonds is 3. The Kier molecular flexibility index (Phi) is 3.10. The van der Waals surface area contributed by atoms with Gasteiger partial charge in [-0.2, -0.15) is 0 Å². The maximum absolute atomic E-state index is 11.8. The number of nitrogens with zero attached hydrogens (tertiary/aromatic N) is 1. The van der Waals surface area contributed by atoms with E-state index in [9.17, 15) is 9.59 Å². The highest BCUT2D eigenvalue weighted by molar-refractivity contribution is 5.98. The molecule has 2 rings (SSSR count). The molecule has 1 aliphatic heterocycles. The van der Waals surface area contributed by atoms with Crippen molar-refractivity contribution in [1.82, 2.24) is 5.32 Å². The molecule has 0 spiro atoms. The van der Waals surface area contributed by atoms with Crippen LogP contribution in [0.15, 0.2) is 18.2 Å². The standard InChI is InChI=1S/C12H14N2O3/c1-13-7-11(15)14-5-4-8-2-3-9(12(16)17)6-10(8)14/h2-3,6,13H,4-5,7H2,1H3,(H,16,17). The monoisotopic (exact) mass is 234 g/mol. The number of fused-ring (bicyclic) bond motifs is 1. The lowest BCUT2D eigenvalue weighted by molar-refractivity contribution is -0.117. The molecule has 0 saturated carbocycles. The van der Waals surface area contributed by atoms with Crippen molar-refractivity contribution in [2.45, 2.75) is 6.42 Å². The van der Waals surface area contributed by atoms with E-state index in [-0.39, 0.29) is 18.0 Å². The Morgan fingerprint density at radius 2 is 2.24 bits per heavy atom. The Hall–Kier alpha value is -1.88. The number of carbonyl (C=O) groups is 2. The van der Waals surface area contributed by atoms with Crippen molar-refractivity contribution in [2.75, 3.05) is 25.0 Å². The summed E-state index contributed by atoms with van der Waals surface area (Å²) in [6.45, 7) is 0.885.